The summed E-state index contributed by atoms with van der Waals surface area (Å²) >= 11 is 0. The second kappa shape index (κ2) is 6.65. The Morgan fingerprint density at radius 1 is 1.00 bits per heavy atom. The average molecular weight is 292 g/mol. The average Bonchev–Trinajstić information content (AvgIpc) is 1.96. The third kappa shape index (κ3) is 6.33. The van der Waals surface area contributed by atoms with Gasteiger partial charge in [0, 0.05) is 6.10 Å². The van der Waals surface area contributed by atoms with Crippen LogP contribution in [0.25, 0.3) is 0 Å². The van der Waals surface area contributed by atoms with Crippen LogP contribution in [0.15, 0.2) is 0 Å². The lowest BCUT2D eigenvalue weighted by Gasteiger charge is -2.48. The van der Waals surface area contributed by atoms with Gasteiger partial charge in [0.05, 0.1) is 0 Å². The Morgan fingerprint density at radius 2 is 1.41 bits per heavy atom. The van der Waals surface area contributed by atoms with Crippen molar-refractivity contribution in [3.63, 3.8) is 0 Å². The fourth-order valence-corrected chi connectivity index (χ4v) is 20.4. The maximum absolute atomic E-state index is 6.34. The zero-order chi connectivity index (χ0) is 13.9. The molecule has 0 aliphatic rings. The molecule has 0 radical (unpaired) electrons. The van der Waals surface area contributed by atoms with E-state index in [0.717, 1.165) is 0 Å². The van der Waals surface area contributed by atoms with Crippen LogP contribution in [0.5, 0.6) is 0 Å². The Hall–Kier alpha value is 0.571. The van der Waals surface area contributed by atoms with Gasteiger partial charge < -0.3 is 8.32 Å². The van der Waals surface area contributed by atoms with E-state index in [1.807, 2.05) is 0 Å². The van der Waals surface area contributed by atoms with Crippen molar-refractivity contribution in [1.82, 2.24) is 3.90 Å². The van der Waals surface area contributed by atoms with Crippen molar-refractivity contribution >= 4 is 25.7 Å². The molecule has 0 N–H and O–H groups in total. The minimum atomic E-state index is -1.26. The Kier molecular flexibility index (Phi) is 6.88. The normalized spacial score (nSPS) is 15.7. The van der Waals surface area contributed by atoms with Crippen molar-refractivity contribution in [2.24, 2.45) is 0 Å². The van der Waals surface area contributed by atoms with Gasteiger partial charge in [-0.15, -0.1) is 0 Å². The Bertz CT molecular complexity index is 207. The molecule has 0 aromatic heterocycles. The third-order valence-corrected chi connectivity index (χ3v) is 18.5. The van der Waals surface area contributed by atoms with Crippen molar-refractivity contribution in [3.8, 4) is 0 Å². The zero-order valence-electron chi connectivity index (χ0n) is 13.4. The molecule has 0 amide bonds. The molecule has 0 rings (SSSR count). The minimum Gasteiger partial charge on any atom is -0.404 e. The first-order chi connectivity index (χ1) is 7.50. The molecule has 0 aromatic rings. The first kappa shape index (κ1) is 17.6. The summed E-state index contributed by atoms with van der Waals surface area (Å²) in [6.07, 6.45) is 1.64. The number of nitrogens with zero attached hydrogens (tertiary/aromatic N) is 1. The van der Waals surface area contributed by atoms with Crippen molar-refractivity contribution < 1.29 is 4.43 Å². The van der Waals surface area contributed by atoms with E-state index in [2.05, 4.69) is 63.9 Å². The molecule has 0 heterocycles. The minimum absolute atomic E-state index is 0.383. The standard InChI is InChI=1S/C12H33NOSi3/c1-10-11-15(14-12(2)3)13(16(4,5)6)17(7,8)9/h12,15H,10-11H2,1-9H3. The van der Waals surface area contributed by atoms with Gasteiger partial charge in [0.1, 0.15) is 16.5 Å². The van der Waals surface area contributed by atoms with Crippen LogP contribution < -0.4 is 0 Å². The molecule has 0 aliphatic heterocycles. The first-order valence-corrected chi connectivity index (χ1v) is 15.6. The predicted octanol–water partition coefficient (Wildman–Crippen LogP) is 4.01. The Balaban J connectivity index is 5.08. The van der Waals surface area contributed by atoms with E-state index < -0.39 is 25.7 Å². The van der Waals surface area contributed by atoms with Gasteiger partial charge in [-0.2, -0.15) is 0 Å². The topological polar surface area (TPSA) is 12.5 Å². The number of hydrogen-bond acceptors (Lipinski definition) is 2. The lowest BCUT2D eigenvalue weighted by atomic mass is 10.5. The Morgan fingerprint density at radius 3 is 1.65 bits per heavy atom. The third-order valence-electron chi connectivity index (χ3n) is 2.70. The molecule has 0 saturated heterocycles. The van der Waals surface area contributed by atoms with Gasteiger partial charge in [0.2, 0.25) is 9.20 Å². The van der Waals surface area contributed by atoms with E-state index in [1.165, 1.54) is 12.5 Å². The summed E-state index contributed by atoms with van der Waals surface area (Å²) in [5, 5.41) is 0. The molecule has 0 saturated carbocycles. The van der Waals surface area contributed by atoms with Gasteiger partial charge in [-0.3, -0.25) is 0 Å². The number of rotatable bonds is 7. The van der Waals surface area contributed by atoms with E-state index in [1.54, 1.807) is 0 Å². The SMILES string of the molecule is CCC[SiH](OC(C)C)N([Si](C)(C)C)[Si](C)(C)C. The monoisotopic (exact) mass is 291 g/mol. The highest BCUT2D eigenvalue weighted by Gasteiger charge is 2.40. The van der Waals surface area contributed by atoms with Crippen molar-refractivity contribution in [2.45, 2.75) is 78.6 Å². The van der Waals surface area contributed by atoms with E-state index in [9.17, 15) is 0 Å². The highest BCUT2D eigenvalue weighted by Crippen LogP contribution is 2.24. The van der Waals surface area contributed by atoms with E-state index in [0.29, 0.717) is 6.10 Å². The van der Waals surface area contributed by atoms with Crippen LogP contribution in [-0.2, 0) is 4.43 Å². The van der Waals surface area contributed by atoms with E-state index in [-0.39, 0.29) is 0 Å². The smallest absolute Gasteiger partial charge is 0.242 e. The van der Waals surface area contributed by atoms with Crippen LogP contribution in [-0.4, -0.2) is 35.7 Å². The van der Waals surface area contributed by atoms with Crippen molar-refractivity contribution in [3.05, 3.63) is 0 Å². The highest BCUT2D eigenvalue weighted by atomic mass is 28.5. The predicted molar refractivity (Wildman–Crippen MR) is 87.0 cm³/mol. The Labute approximate surface area is 113 Å². The molecule has 104 valence electrons. The second-order valence-electron chi connectivity index (χ2n) is 7.14. The van der Waals surface area contributed by atoms with E-state index in [4.69, 9.17) is 4.43 Å². The van der Waals surface area contributed by atoms with Gasteiger partial charge in [-0.05, 0) is 19.9 Å². The van der Waals surface area contributed by atoms with Crippen molar-refractivity contribution in [1.29, 1.82) is 0 Å². The maximum Gasteiger partial charge on any atom is 0.242 e. The van der Waals surface area contributed by atoms with Gasteiger partial charge in [-0.25, -0.2) is 0 Å². The molecule has 0 aromatic carbocycles. The molecule has 0 spiro atoms. The quantitative estimate of drug-likeness (QED) is 0.657. The molecule has 5 heteroatoms. The van der Waals surface area contributed by atoms with Crippen LogP contribution >= 0.6 is 0 Å². The van der Waals surface area contributed by atoms with E-state index >= 15 is 0 Å². The van der Waals surface area contributed by atoms with Crippen molar-refractivity contribution in [2.75, 3.05) is 0 Å². The number of hydrogen-bond donors (Lipinski definition) is 0. The molecular formula is C12H33NOSi3. The molecular weight excluding hydrogens is 258 g/mol. The summed E-state index contributed by atoms with van der Waals surface area (Å²) in [5.74, 6) is 0. The fraction of sp³-hybridized carbons (Fsp3) is 1.00. The summed E-state index contributed by atoms with van der Waals surface area (Å²) in [6.45, 7) is 21.5. The van der Waals surface area contributed by atoms with Crippen LogP contribution in [0.1, 0.15) is 27.2 Å². The van der Waals surface area contributed by atoms with Crippen LogP contribution in [0.4, 0.5) is 0 Å². The highest BCUT2D eigenvalue weighted by molar-refractivity contribution is 6.98. The summed E-state index contributed by atoms with van der Waals surface area (Å²) < 4.78 is 9.26. The zero-order valence-corrected chi connectivity index (χ0v) is 16.6. The summed E-state index contributed by atoms with van der Waals surface area (Å²) in [6, 6.07) is 1.30. The summed E-state index contributed by atoms with van der Waals surface area (Å²) in [5.41, 5.74) is 0. The van der Waals surface area contributed by atoms with Gasteiger partial charge in [0.25, 0.3) is 0 Å². The molecule has 1 atom stereocenters. The van der Waals surface area contributed by atoms with Gasteiger partial charge in [0.15, 0.2) is 0 Å². The largest absolute Gasteiger partial charge is 0.404 e. The maximum atomic E-state index is 6.34. The van der Waals surface area contributed by atoms with Gasteiger partial charge >= 0.3 is 0 Å². The molecule has 0 fully saturated rings. The van der Waals surface area contributed by atoms with Crippen LogP contribution in [0.2, 0.25) is 45.3 Å². The fourth-order valence-electron chi connectivity index (χ4n) is 2.69. The molecule has 1 unspecified atom stereocenters. The van der Waals surface area contributed by atoms with Gasteiger partial charge in [-0.1, -0.05) is 52.6 Å². The lowest BCUT2D eigenvalue weighted by Crippen LogP contribution is -2.66. The first-order valence-electron chi connectivity index (χ1n) is 6.95. The lowest BCUT2D eigenvalue weighted by molar-refractivity contribution is 0.229. The summed E-state index contributed by atoms with van der Waals surface area (Å²) in [7, 11) is -3.71. The van der Waals surface area contributed by atoms with Crippen LogP contribution in [0, 0.1) is 0 Å². The molecule has 0 bridgehead atoms. The summed E-state index contributed by atoms with van der Waals surface area (Å²) in [4.78, 5) is 0. The molecule has 0 aliphatic carbocycles. The molecule has 2 nitrogen and oxygen atoms in total. The van der Waals surface area contributed by atoms with Crippen LogP contribution in [0.3, 0.4) is 0 Å². The molecule has 17 heavy (non-hydrogen) atoms. The second-order valence-corrected chi connectivity index (χ2v) is 20.5.